The van der Waals surface area contributed by atoms with Crippen LogP contribution in [0, 0.1) is 0 Å². The predicted octanol–water partition coefficient (Wildman–Crippen LogP) is 0.481. The van der Waals surface area contributed by atoms with Crippen molar-refractivity contribution in [3.63, 3.8) is 0 Å². The summed E-state index contributed by atoms with van der Waals surface area (Å²) in [5.74, 6) is 0.532. The highest BCUT2D eigenvalue weighted by atomic mass is 16.5. The summed E-state index contributed by atoms with van der Waals surface area (Å²) in [5.41, 5.74) is 0.359. The molecule has 0 amide bonds. The molecule has 0 saturated heterocycles. The number of ether oxygens (including phenoxy) is 1. The lowest BCUT2D eigenvalue weighted by Gasteiger charge is -1.91. The SMILES string of the molecule is COc1cc[nH]c1[C]=O. The van der Waals surface area contributed by atoms with Crippen molar-refractivity contribution >= 4 is 6.29 Å². The molecule has 3 heteroatoms. The Kier molecular flexibility index (Phi) is 1.53. The summed E-state index contributed by atoms with van der Waals surface area (Å²) in [7, 11) is 1.50. The van der Waals surface area contributed by atoms with Crippen molar-refractivity contribution in [1.29, 1.82) is 0 Å². The molecule has 0 atom stereocenters. The number of carbonyl (C=O) groups excluding carboxylic acids is 1. The van der Waals surface area contributed by atoms with Gasteiger partial charge in [0, 0.05) is 6.20 Å². The average Bonchev–Trinajstić information content (AvgIpc) is 2.33. The van der Waals surface area contributed by atoms with E-state index in [1.54, 1.807) is 18.5 Å². The van der Waals surface area contributed by atoms with Crippen molar-refractivity contribution in [3.05, 3.63) is 18.0 Å². The van der Waals surface area contributed by atoms with Crippen LogP contribution in [-0.2, 0) is 4.79 Å². The van der Waals surface area contributed by atoms with E-state index in [0.717, 1.165) is 0 Å². The average molecular weight is 124 g/mol. The van der Waals surface area contributed by atoms with Crippen molar-refractivity contribution in [2.24, 2.45) is 0 Å². The highest BCUT2D eigenvalue weighted by Gasteiger charge is 2.00. The maximum Gasteiger partial charge on any atom is 0.255 e. The van der Waals surface area contributed by atoms with Gasteiger partial charge in [-0.05, 0) is 6.07 Å². The number of hydrogen-bond acceptors (Lipinski definition) is 2. The zero-order valence-corrected chi connectivity index (χ0v) is 4.97. The summed E-state index contributed by atoms with van der Waals surface area (Å²) < 4.78 is 4.78. The van der Waals surface area contributed by atoms with Crippen LogP contribution in [0.4, 0.5) is 0 Å². The zero-order chi connectivity index (χ0) is 6.69. The Morgan fingerprint density at radius 1 is 1.78 bits per heavy atom. The lowest BCUT2D eigenvalue weighted by Crippen LogP contribution is -1.86. The first-order valence-electron chi connectivity index (χ1n) is 2.48. The lowest BCUT2D eigenvalue weighted by atomic mass is 10.4. The fourth-order valence-corrected chi connectivity index (χ4v) is 0.605. The monoisotopic (exact) mass is 124 g/mol. The van der Waals surface area contributed by atoms with E-state index in [2.05, 4.69) is 4.98 Å². The first-order chi connectivity index (χ1) is 4.38. The first kappa shape index (κ1) is 5.88. The van der Waals surface area contributed by atoms with Crippen LogP contribution >= 0.6 is 0 Å². The second-order valence-electron chi connectivity index (χ2n) is 1.52. The van der Waals surface area contributed by atoms with E-state index in [4.69, 9.17) is 4.74 Å². The van der Waals surface area contributed by atoms with Gasteiger partial charge in [0.1, 0.15) is 11.4 Å². The van der Waals surface area contributed by atoms with Gasteiger partial charge in [0.05, 0.1) is 7.11 Å². The molecular weight excluding hydrogens is 118 g/mol. The van der Waals surface area contributed by atoms with E-state index in [9.17, 15) is 4.79 Å². The summed E-state index contributed by atoms with van der Waals surface area (Å²) >= 11 is 0. The van der Waals surface area contributed by atoms with Gasteiger partial charge >= 0.3 is 0 Å². The Labute approximate surface area is 52.6 Å². The molecule has 1 N–H and O–H groups in total. The molecule has 1 aromatic heterocycles. The summed E-state index contributed by atoms with van der Waals surface area (Å²) in [6.45, 7) is 0. The van der Waals surface area contributed by atoms with Gasteiger partial charge in [-0.1, -0.05) is 0 Å². The molecule has 0 aliphatic carbocycles. The third kappa shape index (κ3) is 0.937. The molecule has 0 aromatic carbocycles. The minimum atomic E-state index is 0.359. The zero-order valence-electron chi connectivity index (χ0n) is 4.97. The molecule has 1 radical (unpaired) electrons. The first-order valence-corrected chi connectivity index (χ1v) is 2.48. The van der Waals surface area contributed by atoms with Gasteiger partial charge in [-0.2, -0.15) is 0 Å². The molecule has 0 spiro atoms. The number of aromatic nitrogens is 1. The Balaban J connectivity index is 2.98. The van der Waals surface area contributed by atoms with Crippen molar-refractivity contribution < 1.29 is 9.53 Å². The number of H-pyrrole nitrogens is 1. The maximum atomic E-state index is 10.0. The van der Waals surface area contributed by atoms with Gasteiger partial charge in [0.15, 0.2) is 0 Å². The van der Waals surface area contributed by atoms with Crippen LogP contribution in [0.5, 0.6) is 5.75 Å². The summed E-state index contributed by atoms with van der Waals surface area (Å²) in [6.07, 6.45) is 3.32. The van der Waals surface area contributed by atoms with Crippen LogP contribution in [0.25, 0.3) is 0 Å². The van der Waals surface area contributed by atoms with Gasteiger partial charge in [-0.3, -0.25) is 4.79 Å². The largest absolute Gasteiger partial charge is 0.494 e. The second-order valence-corrected chi connectivity index (χ2v) is 1.52. The van der Waals surface area contributed by atoms with Crippen LogP contribution in [0.3, 0.4) is 0 Å². The van der Waals surface area contributed by atoms with Gasteiger partial charge in [-0.25, -0.2) is 0 Å². The van der Waals surface area contributed by atoms with Gasteiger partial charge in [0.2, 0.25) is 0 Å². The van der Waals surface area contributed by atoms with E-state index in [0.29, 0.717) is 11.4 Å². The molecule has 1 aromatic rings. The van der Waals surface area contributed by atoms with E-state index >= 15 is 0 Å². The third-order valence-electron chi connectivity index (χ3n) is 1.03. The van der Waals surface area contributed by atoms with Gasteiger partial charge < -0.3 is 9.72 Å². The Bertz CT molecular complexity index is 205. The summed E-state index contributed by atoms with van der Waals surface area (Å²) in [6, 6.07) is 1.67. The number of nitrogens with one attached hydrogen (secondary N) is 1. The normalized spacial score (nSPS) is 9.00. The minimum absolute atomic E-state index is 0.359. The van der Waals surface area contributed by atoms with Crippen LogP contribution in [-0.4, -0.2) is 18.4 Å². The maximum absolute atomic E-state index is 10.0. The standard InChI is InChI=1S/C6H6NO2/c1-9-6-2-3-7-5(6)4-8/h2-3,7H,1H3. The highest BCUT2D eigenvalue weighted by Crippen LogP contribution is 2.12. The molecule has 0 saturated carbocycles. The summed E-state index contributed by atoms with van der Waals surface area (Å²) in [5, 5.41) is 0. The van der Waals surface area contributed by atoms with Crippen LogP contribution in [0.2, 0.25) is 0 Å². The number of methoxy groups -OCH3 is 1. The molecule has 9 heavy (non-hydrogen) atoms. The lowest BCUT2D eigenvalue weighted by molar-refractivity contribution is 0.413. The molecule has 3 nitrogen and oxygen atoms in total. The van der Waals surface area contributed by atoms with E-state index in [1.807, 2.05) is 0 Å². The molecule has 0 fully saturated rings. The Hall–Kier alpha value is -1.25. The van der Waals surface area contributed by atoms with Crippen molar-refractivity contribution in [3.8, 4) is 5.75 Å². The fourth-order valence-electron chi connectivity index (χ4n) is 0.605. The molecule has 1 heterocycles. The quantitative estimate of drug-likeness (QED) is 0.623. The van der Waals surface area contributed by atoms with E-state index in [-0.39, 0.29) is 0 Å². The van der Waals surface area contributed by atoms with E-state index in [1.165, 1.54) is 7.11 Å². The van der Waals surface area contributed by atoms with Crippen molar-refractivity contribution in [2.75, 3.05) is 7.11 Å². The Morgan fingerprint density at radius 2 is 2.56 bits per heavy atom. The smallest absolute Gasteiger partial charge is 0.255 e. The Morgan fingerprint density at radius 3 is 3.00 bits per heavy atom. The van der Waals surface area contributed by atoms with Crippen LogP contribution < -0.4 is 4.74 Å². The topological polar surface area (TPSA) is 42.1 Å². The van der Waals surface area contributed by atoms with Gasteiger partial charge in [-0.15, -0.1) is 0 Å². The predicted molar refractivity (Wildman–Crippen MR) is 32.1 cm³/mol. The van der Waals surface area contributed by atoms with Crippen LogP contribution in [0.15, 0.2) is 12.3 Å². The van der Waals surface area contributed by atoms with Gasteiger partial charge in [0.25, 0.3) is 6.29 Å². The van der Waals surface area contributed by atoms with Crippen molar-refractivity contribution in [2.45, 2.75) is 0 Å². The molecule has 1 rings (SSSR count). The highest BCUT2D eigenvalue weighted by molar-refractivity contribution is 5.76. The van der Waals surface area contributed by atoms with E-state index < -0.39 is 0 Å². The van der Waals surface area contributed by atoms with Crippen molar-refractivity contribution in [1.82, 2.24) is 4.98 Å². The molecule has 47 valence electrons. The van der Waals surface area contributed by atoms with Crippen LogP contribution in [0.1, 0.15) is 5.69 Å². The summed E-state index contributed by atoms with van der Waals surface area (Å²) in [4.78, 5) is 12.7. The minimum Gasteiger partial charge on any atom is -0.494 e. The molecule has 0 aliphatic rings. The number of rotatable bonds is 2. The fraction of sp³-hybridized carbons (Fsp3) is 0.167. The number of aromatic amines is 1. The third-order valence-corrected chi connectivity index (χ3v) is 1.03. The molecular formula is C6H6NO2. The molecule has 0 bridgehead atoms. The molecule has 0 aliphatic heterocycles. The molecule has 0 unspecified atom stereocenters. The second kappa shape index (κ2) is 2.35. The number of hydrogen-bond donors (Lipinski definition) is 1.